The Labute approximate surface area is 360 Å². The molecule has 1 aliphatic heterocycles. The van der Waals surface area contributed by atoms with Crippen LogP contribution in [0.15, 0.2) is 85.5 Å². The highest BCUT2D eigenvalue weighted by Gasteiger charge is 2.30. The van der Waals surface area contributed by atoms with Gasteiger partial charge in [-0.3, -0.25) is 24.3 Å². The lowest BCUT2D eigenvalue weighted by Gasteiger charge is -2.30. The molecule has 5 heterocycles. The van der Waals surface area contributed by atoms with E-state index in [2.05, 4.69) is 35.9 Å². The van der Waals surface area contributed by atoms with Crippen molar-refractivity contribution in [1.82, 2.24) is 39.7 Å². The van der Waals surface area contributed by atoms with Gasteiger partial charge in [0.1, 0.15) is 23.4 Å². The van der Waals surface area contributed by atoms with E-state index >= 15 is 0 Å². The maximum Gasteiger partial charge on any atom is 0.314 e. The van der Waals surface area contributed by atoms with Gasteiger partial charge in [0.2, 0.25) is 0 Å². The van der Waals surface area contributed by atoms with Crippen LogP contribution in [0.4, 0.5) is 23.0 Å². The Kier molecular flexibility index (Phi) is 14.5. The van der Waals surface area contributed by atoms with Crippen molar-refractivity contribution < 1.29 is 23.9 Å². The molecule has 4 aromatic heterocycles. The fourth-order valence-corrected chi connectivity index (χ4v) is 7.32. The van der Waals surface area contributed by atoms with Gasteiger partial charge in [0.05, 0.1) is 58.3 Å². The van der Waals surface area contributed by atoms with E-state index < -0.39 is 23.6 Å². The maximum atomic E-state index is 13.3. The average molecular weight is 845 g/mol. The Morgan fingerprint density at radius 3 is 1.77 bits per heavy atom. The van der Waals surface area contributed by atoms with Crippen molar-refractivity contribution >= 4 is 68.4 Å². The van der Waals surface area contributed by atoms with E-state index in [1.165, 1.54) is 18.6 Å². The second-order valence-corrected chi connectivity index (χ2v) is 16.2. The Balaban J connectivity index is 0.000000211. The number of nitrogens with one attached hydrogen (secondary N) is 3. The quantitative estimate of drug-likeness (QED) is 0.0870. The van der Waals surface area contributed by atoms with Gasteiger partial charge in [0.25, 0.3) is 0 Å². The minimum atomic E-state index is -0.736. The fourth-order valence-electron chi connectivity index (χ4n) is 7.32. The number of hydrogen-bond acceptors (Lipinski definition) is 11. The number of amides is 4. The van der Waals surface area contributed by atoms with Crippen molar-refractivity contribution in [3.8, 4) is 0 Å². The smallest absolute Gasteiger partial charge is 0.314 e. The summed E-state index contributed by atoms with van der Waals surface area (Å²) >= 11 is 0. The number of anilines is 4. The van der Waals surface area contributed by atoms with Crippen molar-refractivity contribution in [1.29, 1.82) is 0 Å². The molecule has 3 atom stereocenters. The Bertz CT molecular complexity index is 2480. The molecular formula is C45H56N12O5. The molecule has 7 rings (SSSR count). The summed E-state index contributed by atoms with van der Waals surface area (Å²) in [4.78, 5) is 63.5. The number of aromatic nitrogens is 6. The molecule has 0 bridgehead atoms. The largest absolute Gasteiger partial charge is 0.383 e. The van der Waals surface area contributed by atoms with Crippen molar-refractivity contribution in [3.05, 3.63) is 96.6 Å². The van der Waals surface area contributed by atoms with Gasteiger partial charge in [-0.2, -0.15) is 10.2 Å². The first-order valence-corrected chi connectivity index (χ1v) is 20.9. The summed E-state index contributed by atoms with van der Waals surface area (Å²) in [5.41, 5.74) is 15.5. The lowest BCUT2D eigenvalue weighted by molar-refractivity contribution is -0.145. The van der Waals surface area contributed by atoms with Crippen molar-refractivity contribution in [2.45, 2.75) is 79.1 Å². The van der Waals surface area contributed by atoms with E-state index in [1.54, 1.807) is 20.7 Å². The number of aromatic amines is 1. The molecule has 0 saturated carbocycles. The number of H-pyrrole nitrogens is 1. The van der Waals surface area contributed by atoms with Gasteiger partial charge >= 0.3 is 23.6 Å². The lowest BCUT2D eigenvalue weighted by Crippen LogP contribution is -2.43. The third-order valence-corrected chi connectivity index (χ3v) is 10.6. The number of fused-ring (bicyclic) bond motifs is 2. The molecule has 1 saturated heterocycles. The zero-order valence-electron chi connectivity index (χ0n) is 36.0. The number of benzene rings is 2. The molecule has 326 valence electrons. The van der Waals surface area contributed by atoms with Crippen molar-refractivity contribution in [3.63, 3.8) is 0 Å². The SMILES string of the molecule is CC(C)CN(C(=O)C(=O)Nc1cnc(N)c2cn(C3CCCCO3)nc12)C(C)c1ccccc1.CC(C)CN(C(=O)C(=O)Nc1cnc(N)c2cn[nH]c12)C(C)c1ccccc1. The molecule has 17 heteroatoms. The predicted octanol–water partition coefficient (Wildman–Crippen LogP) is 6.62. The van der Waals surface area contributed by atoms with E-state index in [0.29, 0.717) is 64.5 Å². The molecule has 3 unspecified atom stereocenters. The number of carbonyl (C=O) groups excluding carboxylic acids is 4. The van der Waals surface area contributed by atoms with E-state index in [4.69, 9.17) is 16.2 Å². The summed E-state index contributed by atoms with van der Waals surface area (Å²) < 4.78 is 7.54. The average Bonchev–Trinajstić information content (AvgIpc) is 3.97. The first-order valence-electron chi connectivity index (χ1n) is 20.9. The van der Waals surface area contributed by atoms with Gasteiger partial charge in [-0.15, -0.1) is 0 Å². The molecule has 7 N–H and O–H groups in total. The van der Waals surface area contributed by atoms with Gasteiger partial charge in [-0.05, 0) is 56.1 Å². The third kappa shape index (κ3) is 10.5. The van der Waals surface area contributed by atoms with Crippen LogP contribution in [0.5, 0.6) is 0 Å². The van der Waals surface area contributed by atoms with Crippen LogP contribution in [0, 0.1) is 11.8 Å². The molecule has 0 aliphatic carbocycles. The predicted molar refractivity (Wildman–Crippen MR) is 239 cm³/mol. The molecule has 1 fully saturated rings. The number of nitrogens with zero attached hydrogens (tertiary/aromatic N) is 7. The number of nitrogen functional groups attached to an aromatic ring is 2. The van der Waals surface area contributed by atoms with Crippen LogP contribution < -0.4 is 22.1 Å². The minimum absolute atomic E-state index is 0.181. The van der Waals surface area contributed by atoms with Gasteiger partial charge < -0.3 is 36.6 Å². The summed E-state index contributed by atoms with van der Waals surface area (Å²) in [7, 11) is 0. The van der Waals surface area contributed by atoms with Crippen LogP contribution in [0.2, 0.25) is 0 Å². The van der Waals surface area contributed by atoms with E-state index in [9.17, 15) is 19.2 Å². The Morgan fingerprint density at radius 2 is 1.26 bits per heavy atom. The Hall–Kier alpha value is -6.88. The maximum absolute atomic E-state index is 13.3. The van der Waals surface area contributed by atoms with Crippen LogP contribution in [0.3, 0.4) is 0 Å². The van der Waals surface area contributed by atoms with Gasteiger partial charge in [-0.25, -0.2) is 14.6 Å². The molecule has 1 aliphatic rings. The van der Waals surface area contributed by atoms with Crippen LogP contribution in [0.25, 0.3) is 21.8 Å². The van der Waals surface area contributed by atoms with Crippen LogP contribution in [-0.4, -0.2) is 83.1 Å². The Morgan fingerprint density at radius 1 is 0.742 bits per heavy atom. The number of hydrogen-bond donors (Lipinski definition) is 5. The topological polar surface area (TPSA) is 232 Å². The van der Waals surface area contributed by atoms with Crippen LogP contribution in [-0.2, 0) is 23.9 Å². The minimum Gasteiger partial charge on any atom is -0.383 e. The number of pyridine rings is 2. The van der Waals surface area contributed by atoms with Crippen LogP contribution >= 0.6 is 0 Å². The third-order valence-electron chi connectivity index (χ3n) is 10.6. The number of rotatable bonds is 11. The molecule has 2 aromatic carbocycles. The zero-order chi connectivity index (χ0) is 44.5. The normalized spacial score (nSPS) is 14.8. The molecule has 0 radical (unpaired) electrons. The van der Waals surface area contributed by atoms with Gasteiger partial charge in [0, 0.05) is 25.9 Å². The summed E-state index contributed by atoms with van der Waals surface area (Å²) in [6.07, 6.45) is 8.91. The molecule has 0 spiro atoms. The standard InChI is InChI=1S/C25H32N6O3.C20H24N6O2/c1-16(2)14-30(17(3)18-9-5-4-6-10-18)25(33)24(32)28-20-13-27-23(26)19-15-31(29-22(19)20)21-11-7-8-12-34-21;1-12(2)11-26(13(3)14-7-5-4-6-8-14)20(28)19(27)24-16-10-22-18(21)15-9-23-25-17(15)16/h4-6,9-10,13,15-17,21H,7-8,11-12,14H2,1-3H3,(H2,26,27)(H,28,32);4-10,12-13H,11H2,1-3H3,(H2,21,22)(H,23,25)(H,24,27). The number of ether oxygens (including phenoxy) is 1. The van der Waals surface area contributed by atoms with Crippen LogP contribution in [0.1, 0.15) is 90.2 Å². The summed E-state index contributed by atoms with van der Waals surface area (Å²) in [5, 5.41) is 17.9. The first-order chi connectivity index (χ1) is 29.7. The number of nitrogens with two attached hydrogens (primary N) is 2. The highest BCUT2D eigenvalue weighted by Crippen LogP contribution is 2.31. The molecular weight excluding hydrogens is 789 g/mol. The second kappa shape index (κ2) is 20.1. The summed E-state index contributed by atoms with van der Waals surface area (Å²) in [6.45, 7) is 13.5. The van der Waals surface area contributed by atoms with Crippen molar-refractivity contribution in [2.75, 3.05) is 41.8 Å². The highest BCUT2D eigenvalue weighted by atomic mass is 16.5. The number of carbonyl (C=O) groups is 4. The van der Waals surface area contributed by atoms with E-state index in [-0.39, 0.29) is 30.1 Å². The molecule has 6 aromatic rings. The van der Waals surface area contributed by atoms with E-state index in [0.717, 1.165) is 30.4 Å². The first kappa shape index (κ1) is 44.7. The van der Waals surface area contributed by atoms with E-state index in [1.807, 2.05) is 102 Å². The summed E-state index contributed by atoms with van der Waals surface area (Å²) in [5.74, 6) is -1.67. The summed E-state index contributed by atoms with van der Waals surface area (Å²) in [6, 6.07) is 18.8. The van der Waals surface area contributed by atoms with Crippen molar-refractivity contribution in [2.24, 2.45) is 11.8 Å². The molecule has 17 nitrogen and oxygen atoms in total. The zero-order valence-corrected chi connectivity index (χ0v) is 36.0. The molecule has 4 amide bonds. The lowest BCUT2D eigenvalue weighted by atomic mass is 10.0. The van der Waals surface area contributed by atoms with Gasteiger partial charge in [-0.1, -0.05) is 88.4 Å². The monoisotopic (exact) mass is 844 g/mol. The fraction of sp³-hybridized carbons (Fsp3) is 0.378. The highest BCUT2D eigenvalue weighted by molar-refractivity contribution is 6.40. The van der Waals surface area contributed by atoms with Gasteiger partial charge in [0.15, 0.2) is 0 Å². The second-order valence-electron chi connectivity index (χ2n) is 16.2. The molecule has 62 heavy (non-hydrogen) atoms.